The van der Waals surface area contributed by atoms with Gasteiger partial charge in [-0.2, -0.15) is 0 Å². The number of aryl methyl sites for hydroxylation is 2. The molecular weight excluding hydrogens is 328 g/mol. The standard InChI is InChI=1S/C21H22N2O3/c1-12-8-6-7-9-18(12)23-13(2)10-16(15(23)4)11-17-19(21(25)26-5)14(3)22-20(17)24/h6-11H,1-5H3,(H,22,24). The van der Waals surface area contributed by atoms with E-state index in [1.54, 1.807) is 13.0 Å². The maximum atomic E-state index is 12.3. The number of hydrogen-bond acceptors (Lipinski definition) is 3. The zero-order valence-corrected chi connectivity index (χ0v) is 15.6. The van der Waals surface area contributed by atoms with Crippen molar-refractivity contribution in [3.63, 3.8) is 0 Å². The van der Waals surface area contributed by atoms with Gasteiger partial charge in [-0.05, 0) is 57.0 Å². The second kappa shape index (κ2) is 6.67. The van der Waals surface area contributed by atoms with E-state index in [2.05, 4.69) is 28.9 Å². The summed E-state index contributed by atoms with van der Waals surface area (Å²) in [6.45, 7) is 7.80. The van der Waals surface area contributed by atoms with Crippen molar-refractivity contribution in [1.82, 2.24) is 9.88 Å². The molecule has 3 rings (SSSR count). The molecule has 0 spiro atoms. The van der Waals surface area contributed by atoms with Gasteiger partial charge in [0.2, 0.25) is 0 Å². The number of para-hydroxylation sites is 1. The largest absolute Gasteiger partial charge is 0.465 e. The summed E-state index contributed by atoms with van der Waals surface area (Å²) in [5.74, 6) is -0.802. The van der Waals surface area contributed by atoms with Crippen molar-refractivity contribution in [3.8, 4) is 5.69 Å². The molecule has 1 N–H and O–H groups in total. The van der Waals surface area contributed by atoms with E-state index < -0.39 is 5.97 Å². The number of methoxy groups -OCH3 is 1. The highest BCUT2D eigenvalue weighted by Gasteiger charge is 2.31. The number of esters is 1. The van der Waals surface area contributed by atoms with E-state index in [1.807, 2.05) is 32.0 Å². The first kappa shape index (κ1) is 17.7. The van der Waals surface area contributed by atoms with Crippen LogP contribution in [0, 0.1) is 20.8 Å². The SMILES string of the molecule is COC(=O)C1=C(C)NC(=O)C1=Cc1cc(C)n(-c2ccccc2C)c1C. The monoisotopic (exact) mass is 350 g/mol. The maximum Gasteiger partial charge on any atom is 0.340 e. The van der Waals surface area contributed by atoms with Crippen LogP contribution in [0.15, 0.2) is 47.2 Å². The number of amides is 1. The number of nitrogens with zero attached hydrogens (tertiary/aromatic N) is 1. The van der Waals surface area contributed by atoms with E-state index in [-0.39, 0.29) is 11.5 Å². The van der Waals surface area contributed by atoms with Gasteiger partial charge in [-0.3, -0.25) is 4.79 Å². The Labute approximate surface area is 153 Å². The molecule has 0 bridgehead atoms. The van der Waals surface area contributed by atoms with E-state index in [0.717, 1.165) is 28.2 Å². The summed E-state index contributed by atoms with van der Waals surface area (Å²) >= 11 is 0. The normalized spacial score (nSPS) is 15.6. The van der Waals surface area contributed by atoms with Crippen LogP contribution < -0.4 is 5.32 Å². The lowest BCUT2D eigenvalue weighted by atomic mass is 10.0. The lowest BCUT2D eigenvalue weighted by Crippen LogP contribution is -2.15. The molecule has 1 aromatic heterocycles. The Bertz CT molecular complexity index is 977. The number of nitrogens with one attached hydrogen (secondary N) is 1. The first-order chi connectivity index (χ1) is 12.3. The van der Waals surface area contributed by atoms with Crippen molar-refractivity contribution in [3.05, 3.63) is 69.7 Å². The molecule has 5 nitrogen and oxygen atoms in total. The van der Waals surface area contributed by atoms with Crippen LogP contribution in [0.5, 0.6) is 0 Å². The van der Waals surface area contributed by atoms with Crippen LogP contribution in [0.25, 0.3) is 11.8 Å². The number of rotatable bonds is 3. The fourth-order valence-electron chi connectivity index (χ4n) is 3.39. The summed E-state index contributed by atoms with van der Waals surface area (Å²) in [5, 5.41) is 2.70. The van der Waals surface area contributed by atoms with Gasteiger partial charge in [-0.25, -0.2) is 4.79 Å². The predicted molar refractivity (Wildman–Crippen MR) is 101 cm³/mol. The molecule has 1 aliphatic heterocycles. The molecule has 0 atom stereocenters. The Balaban J connectivity index is 2.13. The first-order valence-corrected chi connectivity index (χ1v) is 8.42. The Kier molecular flexibility index (Phi) is 4.55. The summed E-state index contributed by atoms with van der Waals surface area (Å²) in [7, 11) is 1.31. The average molecular weight is 350 g/mol. The van der Waals surface area contributed by atoms with E-state index in [9.17, 15) is 9.59 Å². The molecule has 5 heteroatoms. The Hall–Kier alpha value is -3.08. The molecule has 0 saturated carbocycles. The molecule has 134 valence electrons. The van der Waals surface area contributed by atoms with E-state index >= 15 is 0 Å². The van der Waals surface area contributed by atoms with Gasteiger partial charge < -0.3 is 14.6 Å². The summed E-state index contributed by atoms with van der Waals surface area (Å²) in [4.78, 5) is 24.4. The van der Waals surface area contributed by atoms with E-state index in [0.29, 0.717) is 11.3 Å². The van der Waals surface area contributed by atoms with Gasteiger partial charge in [0.05, 0.1) is 18.3 Å². The molecular formula is C21H22N2O3. The van der Waals surface area contributed by atoms with Crippen LogP contribution in [0.4, 0.5) is 0 Å². The molecule has 2 heterocycles. The average Bonchev–Trinajstić information content (AvgIpc) is 3.03. The molecule has 1 amide bonds. The second-order valence-electron chi connectivity index (χ2n) is 6.45. The number of ether oxygens (including phenoxy) is 1. The molecule has 0 aliphatic carbocycles. The van der Waals surface area contributed by atoms with Crippen molar-refractivity contribution < 1.29 is 14.3 Å². The second-order valence-corrected chi connectivity index (χ2v) is 6.45. The lowest BCUT2D eigenvalue weighted by molar-refractivity contribution is -0.136. The molecule has 1 aromatic carbocycles. The van der Waals surface area contributed by atoms with Gasteiger partial charge in [0.1, 0.15) is 0 Å². The first-order valence-electron chi connectivity index (χ1n) is 8.42. The Morgan fingerprint density at radius 3 is 2.50 bits per heavy atom. The minimum atomic E-state index is -0.514. The zero-order valence-electron chi connectivity index (χ0n) is 15.6. The fraction of sp³-hybridized carbons (Fsp3) is 0.238. The minimum absolute atomic E-state index is 0.288. The van der Waals surface area contributed by atoms with Crippen molar-refractivity contribution in [2.75, 3.05) is 7.11 Å². The predicted octanol–water partition coefficient (Wildman–Crippen LogP) is 3.36. The van der Waals surface area contributed by atoms with Crippen molar-refractivity contribution in [1.29, 1.82) is 0 Å². The third-order valence-electron chi connectivity index (χ3n) is 4.71. The highest BCUT2D eigenvalue weighted by Crippen LogP contribution is 2.29. The summed E-state index contributed by atoms with van der Waals surface area (Å²) in [6, 6.07) is 10.2. The summed E-state index contributed by atoms with van der Waals surface area (Å²) < 4.78 is 6.99. The van der Waals surface area contributed by atoms with Crippen LogP contribution in [0.2, 0.25) is 0 Å². The zero-order chi connectivity index (χ0) is 19.0. The van der Waals surface area contributed by atoms with Crippen LogP contribution >= 0.6 is 0 Å². The number of hydrogen-bond donors (Lipinski definition) is 1. The molecule has 0 saturated heterocycles. The van der Waals surface area contributed by atoms with Gasteiger partial charge in [0.25, 0.3) is 5.91 Å². The van der Waals surface area contributed by atoms with Crippen molar-refractivity contribution >= 4 is 18.0 Å². The third-order valence-corrected chi connectivity index (χ3v) is 4.71. The van der Waals surface area contributed by atoms with Crippen molar-refractivity contribution in [2.24, 2.45) is 0 Å². The summed E-state index contributed by atoms with van der Waals surface area (Å²) in [6.07, 6.45) is 1.76. The number of carbonyl (C=O) groups excluding carboxylic acids is 2. The van der Waals surface area contributed by atoms with E-state index in [1.165, 1.54) is 7.11 Å². The quantitative estimate of drug-likeness (QED) is 0.682. The van der Waals surface area contributed by atoms with Crippen LogP contribution in [-0.2, 0) is 14.3 Å². The van der Waals surface area contributed by atoms with Gasteiger partial charge in [-0.1, -0.05) is 18.2 Å². The number of aromatic nitrogens is 1. The smallest absolute Gasteiger partial charge is 0.340 e. The molecule has 1 aliphatic rings. The Morgan fingerprint density at radius 2 is 1.85 bits per heavy atom. The lowest BCUT2D eigenvalue weighted by Gasteiger charge is -2.12. The molecule has 2 aromatic rings. The number of carbonyl (C=O) groups is 2. The van der Waals surface area contributed by atoms with Crippen LogP contribution in [-0.4, -0.2) is 23.6 Å². The maximum absolute atomic E-state index is 12.3. The minimum Gasteiger partial charge on any atom is -0.465 e. The van der Waals surface area contributed by atoms with Gasteiger partial charge in [-0.15, -0.1) is 0 Å². The van der Waals surface area contributed by atoms with Gasteiger partial charge in [0, 0.05) is 22.8 Å². The van der Waals surface area contributed by atoms with Crippen LogP contribution in [0.1, 0.15) is 29.4 Å². The summed E-state index contributed by atoms with van der Waals surface area (Å²) in [5.41, 5.74) is 6.36. The third kappa shape index (κ3) is 2.86. The van der Waals surface area contributed by atoms with Gasteiger partial charge >= 0.3 is 5.97 Å². The fourth-order valence-corrected chi connectivity index (χ4v) is 3.39. The molecule has 0 fully saturated rings. The topological polar surface area (TPSA) is 60.3 Å². The van der Waals surface area contributed by atoms with Gasteiger partial charge in [0.15, 0.2) is 0 Å². The highest BCUT2D eigenvalue weighted by molar-refractivity contribution is 6.16. The number of allylic oxidation sites excluding steroid dienone is 1. The highest BCUT2D eigenvalue weighted by atomic mass is 16.5. The molecule has 26 heavy (non-hydrogen) atoms. The molecule has 0 unspecified atom stereocenters. The molecule has 0 radical (unpaired) electrons. The van der Waals surface area contributed by atoms with Crippen molar-refractivity contribution in [2.45, 2.75) is 27.7 Å². The van der Waals surface area contributed by atoms with E-state index in [4.69, 9.17) is 4.74 Å². The Morgan fingerprint density at radius 1 is 1.15 bits per heavy atom. The van der Waals surface area contributed by atoms with Crippen LogP contribution in [0.3, 0.4) is 0 Å². The number of benzene rings is 1.